The van der Waals surface area contributed by atoms with E-state index in [-0.39, 0.29) is 18.4 Å². The summed E-state index contributed by atoms with van der Waals surface area (Å²) in [4.78, 5) is 36.1. The molecule has 0 aliphatic rings. The van der Waals surface area contributed by atoms with E-state index in [0.717, 1.165) is 15.6 Å². The number of aryl methyl sites for hydroxylation is 1. The largest absolute Gasteiger partial charge is 0.427 e. The Labute approximate surface area is 195 Å². The molecular formula is C25H23BrN2O4. The lowest BCUT2D eigenvalue weighted by Gasteiger charge is -2.12. The number of benzene rings is 3. The standard InChI is InChI=1S/C25H23BrN2O4/c1-17(29)32-22-10-5-8-19(15-22)25(31)27-16-20-7-2-3-11-23(20)28-24(30)13-12-18-6-4-9-21(26)14-18/h2-11,14-15H,12-13,16H2,1H3,(H,27,31)(H,28,30). The zero-order chi connectivity index (χ0) is 22.9. The lowest BCUT2D eigenvalue weighted by atomic mass is 10.1. The molecular weight excluding hydrogens is 472 g/mol. The number of rotatable bonds is 8. The van der Waals surface area contributed by atoms with Gasteiger partial charge in [-0.2, -0.15) is 0 Å². The highest BCUT2D eigenvalue weighted by atomic mass is 79.9. The van der Waals surface area contributed by atoms with Crippen LogP contribution in [0.25, 0.3) is 0 Å². The second-order valence-corrected chi connectivity index (χ2v) is 8.06. The fourth-order valence-electron chi connectivity index (χ4n) is 3.10. The molecule has 0 spiro atoms. The third kappa shape index (κ3) is 7.06. The number of nitrogens with one attached hydrogen (secondary N) is 2. The Morgan fingerprint density at radius 2 is 1.72 bits per heavy atom. The van der Waals surface area contributed by atoms with Gasteiger partial charge in [0.2, 0.25) is 5.91 Å². The Bertz CT molecular complexity index is 1130. The third-order valence-electron chi connectivity index (χ3n) is 4.62. The first-order chi connectivity index (χ1) is 15.4. The highest BCUT2D eigenvalue weighted by Gasteiger charge is 2.11. The van der Waals surface area contributed by atoms with Crippen LogP contribution in [0.15, 0.2) is 77.3 Å². The third-order valence-corrected chi connectivity index (χ3v) is 5.11. The van der Waals surface area contributed by atoms with Crippen molar-refractivity contribution in [3.8, 4) is 5.75 Å². The van der Waals surface area contributed by atoms with Gasteiger partial charge in [0.25, 0.3) is 5.91 Å². The lowest BCUT2D eigenvalue weighted by molar-refractivity contribution is -0.131. The summed E-state index contributed by atoms with van der Waals surface area (Å²) in [7, 11) is 0. The van der Waals surface area contributed by atoms with Crippen molar-refractivity contribution in [2.45, 2.75) is 26.3 Å². The zero-order valence-corrected chi connectivity index (χ0v) is 19.1. The van der Waals surface area contributed by atoms with Gasteiger partial charge in [0.15, 0.2) is 0 Å². The quantitative estimate of drug-likeness (QED) is 0.345. The molecule has 2 N–H and O–H groups in total. The van der Waals surface area contributed by atoms with Gasteiger partial charge >= 0.3 is 5.97 Å². The summed E-state index contributed by atoms with van der Waals surface area (Å²) >= 11 is 3.44. The van der Waals surface area contributed by atoms with Crippen molar-refractivity contribution in [3.05, 3.63) is 94.0 Å². The molecule has 3 aromatic rings. The molecule has 0 aliphatic heterocycles. The second-order valence-electron chi connectivity index (χ2n) is 7.14. The van der Waals surface area contributed by atoms with E-state index in [0.29, 0.717) is 29.8 Å². The second kappa shape index (κ2) is 11.2. The summed E-state index contributed by atoms with van der Waals surface area (Å²) in [6.45, 7) is 1.54. The van der Waals surface area contributed by atoms with Gasteiger partial charge in [-0.15, -0.1) is 0 Å². The van der Waals surface area contributed by atoms with Gasteiger partial charge in [-0.25, -0.2) is 0 Å². The molecule has 0 radical (unpaired) electrons. The summed E-state index contributed by atoms with van der Waals surface area (Å²) < 4.78 is 6.00. The fraction of sp³-hybridized carbons (Fsp3) is 0.160. The van der Waals surface area contributed by atoms with E-state index in [1.807, 2.05) is 42.5 Å². The minimum atomic E-state index is -0.452. The van der Waals surface area contributed by atoms with E-state index in [4.69, 9.17) is 4.74 Å². The Morgan fingerprint density at radius 1 is 0.938 bits per heavy atom. The molecule has 3 rings (SSSR count). The molecule has 2 amide bonds. The SMILES string of the molecule is CC(=O)Oc1cccc(C(=O)NCc2ccccc2NC(=O)CCc2cccc(Br)c2)c1. The Kier molecular flexibility index (Phi) is 8.16. The van der Waals surface area contributed by atoms with E-state index in [1.54, 1.807) is 24.3 Å². The van der Waals surface area contributed by atoms with E-state index >= 15 is 0 Å². The van der Waals surface area contributed by atoms with Crippen LogP contribution in [0.2, 0.25) is 0 Å². The number of esters is 1. The van der Waals surface area contributed by atoms with Crippen molar-refractivity contribution in [2.24, 2.45) is 0 Å². The highest BCUT2D eigenvalue weighted by Crippen LogP contribution is 2.18. The zero-order valence-electron chi connectivity index (χ0n) is 17.6. The molecule has 3 aromatic carbocycles. The molecule has 0 aliphatic carbocycles. The predicted octanol–water partition coefficient (Wildman–Crippen LogP) is 4.88. The molecule has 0 saturated carbocycles. The van der Waals surface area contributed by atoms with E-state index < -0.39 is 5.97 Å². The smallest absolute Gasteiger partial charge is 0.308 e. The van der Waals surface area contributed by atoms with Gasteiger partial charge < -0.3 is 15.4 Å². The van der Waals surface area contributed by atoms with Crippen molar-refractivity contribution in [2.75, 3.05) is 5.32 Å². The number of para-hydroxylation sites is 1. The summed E-state index contributed by atoms with van der Waals surface area (Å²) in [5.41, 5.74) is 2.89. The topological polar surface area (TPSA) is 84.5 Å². The van der Waals surface area contributed by atoms with E-state index in [9.17, 15) is 14.4 Å². The molecule has 0 aromatic heterocycles. The van der Waals surface area contributed by atoms with Gasteiger partial charge in [-0.1, -0.05) is 52.3 Å². The number of anilines is 1. The van der Waals surface area contributed by atoms with E-state index in [1.165, 1.54) is 13.0 Å². The normalized spacial score (nSPS) is 10.3. The molecule has 0 fully saturated rings. The van der Waals surface area contributed by atoms with E-state index in [2.05, 4.69) is 26.6 Å². The highest BCUT2D eigenvalue weighted by molar-refractivity contribution is 9.10. The van der Waals surface area contributed by atoms with Gasteiger partial charge in [0, 0.05) is 35.6 Å². The van der Waals surface area contributed by atoms with Crippen molar-refractivity contribution in [1.82, 2.24) is 5.32 Å². The molecule has 6 nitrogen and oxygen atoms in total. The number of amides is 2. The fourth-order valence-corrected chi connectivity index (χ4v) is 3.55. The lowest BCUT2D eigenvalue weighted by Crippen LogP contribution is -2.24. The minimum absolute atomic E-state index is 0.0992. The number of hydrogen-bond donors (Lipinski definition) is 2. The maximum atomic E-state index is 12.5. The Hall–Kier alpha value is -3.45. The van der Waals surface area contributed by atoms with Gasteiger partial charge in [0.05, 0.1) is 0 Å². The first-order valence-corrected chi connectivity index (χ1v) is 10.9. The van der Waals surface area contributed by atoms with Crippen LogP contribution in [0.3, 0.4) is 0 Å². The predicted molar refractivity (Wildman–Crippen MR) is 126 cm³/mol. The van der Waals surface area contributed by atoms with Crippen LogP contribution in [0.4, 0.5) is 5.69 Å². The van der Waals surface area contributed by atoms with Crippen LogP contribution < -0.4 is 15.4 Å². The van der Waals surface area contributed by atoms with Crippen LogP contribution in [0, 0.1) is 0 Å². The monoisotopic (exact) mass is 494 g/mol. The molecule has 0 heterocycles. The molecule has 7 heteroatoms. The van der Waals surface area contributed by atoms with Crippen molar-refractivity contribution in [1.29, 1.82) is 0 Å². The van der Waals surface area contributed by atoms with Crippen LogP contribution >= 0.6 is 15.9 Å². The summed E-state index contributed by atoms with van der Waals surface area (Å²) in [6.07, 6.45) is 0.975. The van der Waals surface area contributed by atoms with Gasteiger partial charge in [0.1, 0.15) is 5.75 Å². The number of carbonyl (C=O) groups is 3. The summed E-state index contributed by atoms with van der Waals surface area (Å²) in [5, 5.41) is 5.77. The van der Waals surface area contributed by atoms with Gasteiger partial charge in [-0.05, 0) is 53.9 Å². The van der Waals surface area contributed by atoms with Gasteiger partial charge in [-0.3, -0.25) is 14.4 Å². The number of halogens is 1. The summed E-state index contributed by atoms with van der Waals surface area (Å²) in [5.74, 6) is -0.553. The van der Waals surface area contributed by atoms with Crippen molar-refractivity contribution >= 4 is 39.4 Å². The Morgan fingerprint density at radius 3 is 2.50 bits per heavy atom. The average Bonchev–Trinajstić information content (AvgIpc) is 2.77. The number of hydrogen-bond acceptors (Lipinski definition) is 4. The maximum absolute atomic E-state index is 12.5. The molecule has 32 heavy (non-hydrogen) atoms. The molecule has 0 atom stereocenters. The Balaban J connectivity index is 1.58. The first kappa shape index (κ1) is 23.2. The minimum Gasteiger partial charge on any atom is -0.427 e. The molecule has 164 valence electrons. The van der Waals surface area contributed by atoms with Crippen LogP contribution in [-0.4, -0.2) is 17.8 Å². The molecule has 0 saturated heterocycles. The summed E-state index contributed by atoms with van der Waals surface area (Å²) in [6, 6.07) is 21.6. The molecule has 0 unspecified atom stereocenters. The van der Waals surface area contributed by atoms with Crippen molar-refractivity contribution < 1.29 is 19.1 Å². The van der Waals surface area contributed by atoms with Crippen molar-refractivity contribution in [3.63, 3.8) is 0 Å². The first-order valence-electron chi connectivity index (χ1n) is 10.1. The van der Waals surface area contributed by atoms with Crippen LogP contribution in [-0.2, 0) is 22.6 Å². The number of ether oxygens (including phenoxy) is 1. The number of carbonyl (C=O) groups excluding carboxylic acids is 3. The molecule has 0 bridgehead atoms. The maximum Gasteiger partial charge on any atom is 0.308 e. The average molecular weight is 495 g/mol. The van der Waals surface area contributed by atoms with Crippen LogP contribution in [0.5, 0.6) is 5.75 Å². The van der Waals surface area contributed by atoms with Crippen LogP contribution in [0.1, 0.15) is 34.8 Å².